The van der Waals surface area contributed by atoms with E-state index in [9.17, 15) is 17.6 Å². The SMILES string of the molecule is CN(C(=O)c1ccc(F)c(S)c1)C1CCS(=O)(=O)C1. The van der Waals surface area contributed by atoms with E-state index in [2.05, 4.69) is 12.6 Å². The summed E-state index contributed by atoms with van der Waals surface area (Å²) in [6.07, 6.45) is 0.444. The molecule has 1 heterocycles. The smallest absolute Gasteiger partial charge is 0.253 e. The number of rotatable bonds is 2. The van der Waals surface area contributed by atoms with Crippen molar-refractivity contribution in [1.82, 2.24) is 4.90 Å². The minimum atomic E-state index is -3.04. The molecule has 104 valence electrons. The molecule has 2 rings (SSSR count). The Kier molecular flexibility index (Phi) is 3.87. The van der Waals surface area contributed by atoms with Crippen LogP contribution in [-0.4, -0.2) is 43.8 Å². The van der Waals surface area contributed by atoms with Gasteiger partial charge in [0.2, 0.25) is 0 Å². The molecule has 0 saturated carbocycles. The Morgan fingerprint density at radius 3 is 2.68 bits per heavy atom. The first kappa shape index (κ1) is 14.3. The third-order valence-corrected chi connectivity index (χ3v) is 5.36. The lowest BCUT2D eigenvalue weighted by molar-refractivity contribution is 0.0747. The molecule has 1 aromatic rings. The lowest BCUT2D eigenvalue weighted by atomic mass is 10.1. The van der Waals surface area contributed by atoms with Crippen LogP contribution in [0.15, 0.2) is 23.1 Å². The molecule has 1 amide bonds. The van der Waals surface area contributed by atoms with Crippen molar-refractivity contribution in [1.29, 1.82) is 0 Å². The fourth-order valence-electron chi connectivity index (χ4n) is 2.10. The summed E-state index contributed by atoms with van der Waals surface area (Å²) in [7, 11) is -1.48. The summed E-state index contributed by atoms with van der Waals surface area (Å²) in [6, 6.07) is 3.58. The largest absolute Gasteiger partial charge is 0.338 e. The molecule has 1 aliphatic rings. The molecule has 1 aliphatic heterocycles. The van der Waals surface area contributed by atoms with Gasteiger partial charge < -0.3 is 4.90 Å². The van der Waals surface area contributed by atoms with Gasteiger partial charge in [-0.3, -0.25) is 4.79 Å². The van der Waals surface area contributed by atoms with Gasteiger partial charge in [-0.25, -0.2) is 12.8 Å². The third kappa shape index (κ3) is 3.09. The van der Waals surface area contributed by atoms with E-state index in [4.69, 9.17) is 0 Å². The predicted molar refractivity (Wildman–Crippen MR) is 72.8 cm³/mol. The van der Waals surface area contributed by atoms with Crippen LogP contribution in [0, 0.1) is 5.82 Å². The maximum atomic E-state index is 13.1. The zero-order valence-corrected chi connectivity index (χ0v) is 12.0. The summed E-state index contributed by atoms with van der Waals surface area (Å²) in [5.41, 5.74) is 0.304. The number of carbonyl (C=O) groups is 1. The zero-order chi connectivity index (χ0) is 14.2. The van der Waals surface area contributed by atoms with Crippen molar-refractivity contribution in [3.05, 3.63) is 29.6 Å². The molecule has 0 bridgehead atoms. The molecule has 1 unspecified atom stereocenters. The number of benzene rings is 1. The molecule has 0 N–H and O–H groups in total. The van der Waals surface area contributed by atoms with Gasteiger partial charge in [0.1, 0.15) is 5.82 Å². The molecule has 1 saturated heterocycles. The van der Waals surface area contributed by atoms with Gasteiger partial charge in [0.05, 0.1) is 11.5 Å². The van der Waals surface area contributed by atoms with E-state index in [1.165, 1.54) is 23.1 Å². The highest BCUT2D eigenvalue weighted by molar-refractivity contribution is 7.91. The molecule has 19 heavy (non-hydrogen) atoms. The lowest BCUT2D eigenvalue weighted by Gasteiger charge is -2.23. The van der Waals surface area contributed by atoms with Crippen molar-refractivity contribution in [2.75, 3.05) is 18.6 Å². The summed E-state index contributed by atoms with van der Waals surface area (Å²) >= 11 is 3.93. The number of nitrogens with zero attached hydrogens (tertiary/aromatic N) is 1. The quantitative estimate of drug-likeness (QED) is 0.840. The summed E-state index contributed by atoms with van der Waals surface area (Å²) in [6.45, 7) is 0. The molecule has 1 atom stereocenters. The van der Waals surface area contributed by atoms with E-state index in [1.54, 1.807) is 7.05 Å². The maximum Gasteiger partial charge on any atom is 0.253 e. The van der Waals surface area contributed by atoms with Crippen molar-refractivity contribution >= 4 is 28.4 Å². The topological polar surface area (TPSA) is 54.5 Å². The second-order valence-electron chi connectivity index (χ2n) is 4.64. The molecular weight excluding hydrogens is 289 g/mol. The molecule has 1 fully saturated rings. The number of sulfone groups is 1. The maximum absolute atomic E-state index is 13.1. The second-order valence-corrected chi connectivity index (χ2v) is 7.35. The van der Waals surface area contributed by atoms with Crippen LogP contribution in [0.2, 0.25) is 0 Å². The number of hydrogen-bond donors (Lipinski definition) is 1. The van der Waals surface area contributed by atoms with Gasteiger partial charge in [0, 0.05) is 23.5 Å². The van der Waals surface area contributed by atoms with Crippen LogP contribution >= 0.6 is 12.6 Å². The normalized spacial score (nSPS) is 21.3. The molecule has 0 radical (unpaired) electrons. The van der Waals surface area contributed by atoms with Crippen LogP contribution in [-0.2, 0) is 9.84 Å². The first-order chi connectivity index (χ1) is 8.80. The molecule has 0 aliphatic carbocycles. The fourth-order valence-corrected chi connectivity index (χ4v) is 4.08. The number of thiol groups is 1. The van der Waals surface area contributed by atoms with Crippen molar-refractivity contribution in [3.8, 4) is 0 Å². The third-order valence-electron chi connectivity index (χ3n) is 3.27. The molecule has 1 aromatic carbocycles. The highest BCUT2D eigenvalue weighted by Gasteiger charge is 2.33. The highest BCUT2D eigenvalue weighted by atomic mass is 32.2. The Balaban J connectivity index is 2.17. The summed E-state index contributed by atoms with van der Waals surface area (Å²) in [4.78, 5) is 13.7. The number of amides is 1. The zero-order valence-electron chi connectivity index (χ0n) is 10.3. The van der Waals surface area contributed by atoms with Gasteiger partial charge in [0.25, 0.3) is 5.91 Å². The molecule has 0 aromatic heterocycles. The van der Waals surface area contributed by atoms with Crippen LogP contribution in [0.4, 0.5) is 4.39 Å². The van der Waals surface area contributed by atoms with Crippen molar-refractivity contribution in [2.45, 2.75) is 17.4 Å². The van der Waals surface area contributed by atoms with Crippen LogP contribution in [0.1, 0.15) is 16.8 Å². The van der Waals surface area contributed by atoms with Gasteiger partial charge >= 0.3 is 0 Å². The Hall–Kier alpha value is -1.08. The van der Waals surface area contributed by atoms with E-state index < -0.39 is 15.7 Å². The summed E-state index contributed by atoms with van der Waals surface area (Å²) in [5, 5.41) is 0. The Labute approximate surface area is 116 Å². The Bertz CT molecular complexity index is 615. The number of carbonyl (C=O) groups excluding carboxylic acids is 1. The summed E-state index contributed by atoms with van der Waals surface area (Å²) < 4.78 is 35.9. The van der Waals surface area contributed by atoms with E-state index >= 15 is 0 Å². The van der Waals surface area contributed by atoms with E-state index in [0.717, 1.165) is 0 Å². The van der Waals surface area contributed by atoms with E-state index in [1.807, 2.05) is 0 Å². The number of hydrogen-bond acceptors (Lipinski definition) is 4. The first-order valence-corrected chi connectivity index (χ1v) is 8.03. The highest BCUT2D eigenvalue weighted by Crippen LogP contribution is 2.20. The van der Waals surface area contributed by atoms with Crippen molar-refractivity contribution in [3.63, 3.8) is 0 Å². The average molecular weight is 303 g/mol. The van der Waals surface area contributed by atoms with Crippen LogP contribution in [0.5, 0.6) is 0 Å². The van der Waals surface area contributed by atoms with E-state index in [0.29, 0.717) is 12.0 Å². The van der Waals surface area contributed by atoms with Crippen LogP contribution in [0.3, 0.4) is 0 Å². The predicted octanol–water partition coefficient (Wildman–Crippen LogP) is 1.37. The monoisotopic (exact) mass is 303 g/mol. The first-order valence-electron chi connectivity index (χ1n) is 5.76. The molecular formula is C12H14FNO3S2. The van der Waals surface area contributed by atoms with Gasteiger partial charge in [-0.2, -0.15) is 0 Å². The minimum Gasteiger partial charge on any atom is -0.338 e. The standard InChI is InChI=1S/C12H14FNO3S2/c1-14(9-4-5-19(16,17)7-9)12(15)8-2-3-10(13)11(18)6-8/h2-3,6,9,18H,4-5,7H2,1H3. The lowest BCUT2D eigenvalue weighted by Crippen LogP contribution is -2.37. The van der Waals surface area contributed by atoms with Crippen molar-refractivity contribution < 1.29 is 17.6 Å². The Morgan fingerprint density at radius 2 is 2.16 bits per heavy atom. The van der Waals surface area contributed by atoms with Gasteiger partial charge in [-0.1, -0.05) is 0 Å². The molecule has 4 nitrogen and oxygen atoms in total. The van der Waals surface area contributed by atoms with Gasteiger partial charge in [0.15, 0.2) is 9.84 Å². The summed E-state index contributed by atoms with van der Waals surface area (Å²) in [5.74, 6) is -0.718. The fraction of sp³-hybridized carbons (Fsp3) is 0.417. The van der Waals surface area contributed by atoms with Gasteiger partial charge in [-0.15, -0.1) is 12.6 Å². The van der Waals surface area contributed by atoms with E-state index in [-0.39, 0.29) is 28.4 Å². The Morgan fingerprint density at radius 1 is 1.47 bits per heavy atom. The van der Waals surface area contributed by atoms with Crippen LogP contribution < -0.4 is 0 Å². The average Bonchev–Trinajstić information content (AvgIpc) is 2.71. The van der Waals surface area contributed by atoms with Crippen molar-refractivity contribution in [2.24, 2.45) is 0 Å². The molecule has 0 spiro atoms. The number of halogens is 1. The second kappa shape index (κ2) is 5.13. The van der Waals surface area contributed by atoms with Gasteiger partial charge in [-0.05, 0) is 24.6 Å². The minimum absolute atomic E-state index is 0.00976. The van der Waals surface area contributed by atoms with Crippen LogP contribution in [0.25, 0.3) is 0 Å². The molecule has 7 heteroatoms.